The third kappa shape index (κ3) is 3.93. The maximum atomic E-state index is 11.1. The Morgan fingerprint density at radius 2 is 1.90 bits per heavy atom. The molecule has 0 bridgehead atoms. The minimum Gasteiger partial charge on any atom is -0.454 e. The topological polar surface area (TPSA) is 64.8 Å². The number of carbonyl (C=O) groups excluding carboxylic acids is 1. The lowest BCUT2D eigenvalue weighted by molar-refractivity contribution is -0.111. The Bertz CT molecular complexity index is 575. The van der Waals surface area contributed by atoms with E-state index in [1.807, 2.05) is 38.1 Å². The Labute approximate surface area is 124 Å². The Balaban J connectivity index is 0.000000232. The number of ether oxygens (including phenoxy) is 2. The number of rotatable bonds is 3. The number of nitrogens with two attached hydrogens (primary N) is 1. The zero-order chi connectivity index (χ0) is 15.2. The fourth-order valence-electron chi connectivity index (χ4n) is 1.77. The molecule has 0 unspecified atom stereocenters. The molecule has 0 saturated heterocycles. The van der Waals surface area contributed by atoms with Crippen LogP contribution in [0.3, 0.4) is 0 Å². The molecule has 21 heavy (non-hydrogen) atoms. The van der Waals surface area contributed by atoms with E-state index in [0.29, 0.717) is 0 Å². The minimum atomic E-state index is 0.0765. The van der Waals surface area contributed by atoms with Crippen molar-refractivity contribution in [2.75, 3.05) is 19.9 Å². The Kier molecular flexibility index (Phi) is 5.14. The average Bonchev–Trinajstić information content (AvgIpc) is 2.98. The molecule has 0 radical (unpaired) electrons. The number of allylic oxidation sites excluding steroid dienone is 3. The van der Waals surface area contributed by atoms with Crippen LogP contribution in [0, 0.1) is 0 Å². The SMILES string of the molecule is CCN(N)CC.O=C1C=CC1=Cc1ccc2c(c1)OCO2. The molecular formula is C16H20N2O3. The molecule has 2 N–H and O–H groups in total. The molecule has 1 heterocycles. The summed E-state index contributed by atoms with van der Waals surface area (Å²) in [6, 6.07) is 5.62. The van der Waals surface area contributed by atoms with Gasteiger partial charge in [0.15, 0.2) is 17.3 Å². The van der Waals surface area contributed by atoms with Crippen LogP contribution in [-0.2, 0) is 4.79 Å². The quantitative estimate of drug-likeness (QED) is 0.524. The van der Waals surface area contributed by atoms with Gasteiger partial charge in [0.2, 0.25) is 6.79 Å². The van der Waals surface area contributed by atoms with Crippen molar-refractivity contribution in [1.29, 1.82) is 0 Å². The van der Waals surface area contributed by atoms with E-state index in [-0.39, 0.29) is 12.6 Å². The van der Waals surface area contributed by atoms with Gasteiger partial charge in [-0.05, 0) is 35.9 Å². The molecule has 0 amide bonds. The zero-order valence-electron chi connectivity index (χ0n) is 12.3. The maximum absolute atomic E-state index is 11.1. The number of fused-ring (bicyclic) bond motifs is 1. The number of nitrogens with zero attached hydrogens (tertiary/aromatic N) is 1. The summed E-state index contributed by atoms with van der Waals surface area (Å²) in [6.45, 7) is 6.22. The monoisotopic (exact) mass is 288 g/mol. The number of hydrazine groups is 1. The van der Waals surface area contributed by atoms with Gasteiger partial charge in [0, 0.05) is 18.7 Å². The zero-order valence-corrected chi connectivity index (χ0v) is 12.3. The van der Waals surface area contributed by atoms with Gasteiger partial charge in [-0.25, -0.2) is 5.01 Å². The summed E-state index contributed by atoms with van der Waals surface area (Å²) in [5, 5.41) is 1.75. The minimum absolute atomic E-state index is 0.0765. The van der Waals surface area contributed by atoms with Crippen molar-refractivity contribution in [2.24, 2.45) is 5.84 Å². The van der Waals surface area contributed by atoms with Crippen molar-refractivity contribution in [1.82, 2.24) is 5.01 Å². The van der Waals surface area contributed by atoms with Gasteiger partial charge in [-0.1, -0.05) is 19.9 Å². The van der Waals surface area contributed by atoms with Crippen molar-refractivity contribution in [2.45, 2.75) is 13.8 Å². The van der Waals surface area contributed by atoms with Crippen LogP contribution in [0.2, 0.25) is 0 Å². The van der Waals surface area contributed by atoms with Crippen LogP contribution in [-0.4, -0.2) is 30.7 Å². The van der Waals surface area contributed by atoms with Gasteiger partial charge in [-0.15, -0.1) is 0 Å². The molecule has 112 valence electrons. The first-order valence-electron chi connectivity index (χ1n) is 6.97. The lowest BCUT2D eigenvalue weighted by atomic mass is 9.98. The molecule has 3 rings (SSSR count). The summed E-state index contributed by atoms with van der Waals surface area (Å²) in [5.41, 5.74) is 1.68. The first-order valence-corrected chi connectivity index (χ1v) is 6.97. The van der Waals surface area contributed by atoms with Crippen molar-refractivity contribution < 1.29 is 14.3 Å². The van der Waals surface area contributed by atoms with Crippen LogP contribution in [0.5, 0.6) is 11.5 Å². The van der Waals surface area contributed by atoms with Crippen molar-refractivity contribution in [3.63, 3.8) is 0 Å². The van der Waals surface area contributed by atoms with E-state index < -0.39 is 0 Å². The first-order chi connectivity index (χ1) is 10.1. The van der Waals surface area contributed by atoms with Crippen LogP contribution < -0.4 is 15.3 Å². The first kappa shape index (κ1) is 15.3. The Morgan fingerprint density at radius 3 is 2.43 bits per heavy atom. The van der Waals surface area contributed by atoms with Gasteiger partial charge < -0.3 is 9.47 Å². The highest BCUT2D eigenvalue weighted by molar-refractivity contribution is 6.16. The molecule has 0 atom stereocenters. The highest BCUT2D eigenvalue weighted by Gasteiger charge is 2.14. The van der Waals surface area contributed by atoms with Crippen molar-refractivity contribution >= 4 is 11.9 Å². The Morgan fingerprint density at radius 1 is 1.19 bits per heavy atom. The van der Waals surface area contributed by atoms with Gasteiger partial charge >= 0.3 is 0 Å². The molecule has 5 heteroatoms. The summed E-state index contributed by atoms with van der Waals surface area (Å²) < 4.78 is 10.4. The summed E-state index contributed by atoms with van der Waals surface area (Å²) in [6.07, 6.45) is 5.19. The van der Waals surface area contributed by atoms with Crippen molar-refractivity contribution in [3.05, 3.63) is 41.5 Å². The second-order valence-electron chi connectivity index (χ2n) is 4.63. The summed E-state index contributed by atoms with van der Waals surface area (Å²) >= 11 is 0. The number of benzene rings is 1. The van der Waals surface area contributed by atoms with Gasteiger partial charge in [-0.2, -0.15) is 0 Å². The molecule has 0 fully saturated rings. The van der Waals surface area contributed by atoms with Gasteiger partial charge in [-0.3, -0.25) is 10.6 Å². The summed E-state index contributed by atoms with van der Waals surface area (Å²) in [5.74, 6) is 6.88. The van der Waals surface area contributed by atoms with E-state index in [4.69, 9.17) is 15.3 Å². The molecule has 0 spiro atoms. The summed E-state index contributed by atoms with van der Waals surface area (Å²) in [4.78, 5) is 11.1. The fourth-order valence-corrected chi connectivity index (χ4v) is 1.77. The van der Waals surface area contributed by atoms with E-state index >= 15 is 0 Å². The van der Waals surface area contributed by atoms with Crippen LogP contribution in [0.25, 0.3) is 6.08 Å². The standard InChI is InChI=1S/C12H8O3.C4H12N2/c13-10-3-2-9(10)5-8-1-4-11-12(6-8)15-7-14-11;1-3-6(5)4-2/h1-6H,7H2;3-5H2,1-2H3. The second-order valence-corrected chi connectivity index (χ2v) is 4.63. The van der Waals surface area contributed by atoms with E-state index in [9.17, 15) is 4.79 Å². The van der Waals surface area contributed by atoms with Gasteiger partial charge in [0.25, 0.3) is 0 Å². The average molecular weight is 288 g/mol. The normalized spacial score (nSPS) is 16.8. The van der Waals surface area contributed by atoms with Crippen LogP contribution in [0.1, 0.15) is 19.4 Å². The Hall–Kier alpha value is -2.11. The van der Waals surface area contributed by atoms with E-state index in [2.05, 4.69) is 0 Å². The highest BCUT2D eigenvalue weighted by Crippen LogP contribution is 2.33. The molecule has 1 aromatic rings. The highest BCUT2D eigenvalue weighted by atomic mass is 16.7. The van der Waals surface area contributed by atoms with Gasteiger partial charge in [0.1, 0.15) is 0 Å². The van der Waals surface area contributed by atoms with E-state index in [1.54, 1.807) is 17.2 Å². The van der Waals surface area contributed by atoms with Crippen molar-refractivity contribution in [3.8, 4) is 11.5 Å². The molecule has 0 aromatic heterocycles. The lowest BCUT2D eigenvalue weighted by Crippen LogP contribution is -2.29. The molecule has 5 nitrogen and oxygen atoms in total. The molecular weight excluding hydrogens is 268 g/mol. The molecule has 2 aliphatic rings. The molecule has 1 aliphatic carbocycles. The smallest absolute Gasteiger partial charge is 0.231 e. The number of carbonyl (C=O) groups is 1. The van der Waals surface area contributed by atoms with Crippen LogP contribution in [0.4, 0.5) is 0 Å². The predicted molar refractivity (Wildman–Crippen MR) is 81.8 cm³/mol. The molecule has 0 saturated carbocycles. The lowest BCUT2D eigenvalue weighted by Gasteiger charge is -2.07. The maximum Gasteiger partial charge on any atom is 0.231 e. The molecule has 1 aliphatic heterocycles. The summed E-state index contributed by atoms with van der Waals surface area (Å²) in [7, 11) is 0. The van der Waals surface area contributed by atoms with Crippen LogP contribution in [0.15, 0.2) is 35.9 Å². The number of hydrogen-bond acceptors (Lipinski definition) is 5. The van der Waals surface area contributed by atoms with E-state index in [1.165, 1.54) is 0 Å². The third-order valence-corrected chi connectivity index (χ3v) is 3.23. The predicted octanol–water partition coefficient (Wildman–Crippen LogP) is 2.14. The molecule has 1 aromatic carbocycles. The van der Waals surface area contributed by atoms with E-state index in [0.717, 1.165) is 35.7 Å². The third-order valence-electron chi connectivity index (χ3n) is 3.23. The second kappa shape index (κ2) is 7.06. The van der Waals surface area contributed by atoms with Gasteiger partial charge in [0.05, 0.1) is 0 Å². The van der Waals surface area contributed by atoms with Crippen LogP contribution >= 0.6 is 0 Å². The largest absolute Gasteiger partial charge is 0.454 e. The number of hydrogen-bond donors (Lipinski definition) is 1. The fraction of sp³-hybridized carbons (Fsp3) is 0.312. The number of ketones is 1.